The third kappa shape index (κ3) is 2.11. The monoisotopic (exact) mass is 313 g/mol. The van der Waals surface area contributed by atoms with Gasteiger partial charge < -0.3 is 9.57 Å². The Balaban J connectivity index is 1.71. The number of ether oxygens (including phenoxy) is 1. The Morgan fingerprint density at radius 1 is 1.17 bits per heavy atom. The molecule has 2 saturated carbocycles. The van der Waals surface area contributed by atoms with E-state index >= 15 is 0 Å². The second-order valence-electron chi connectivity index (χ2n) is 7.33. The summed E-state index contributed by atoms with van der Waals surface area (Å²) in [5.41, 5.74) is 6.05. The molecule has 122 valence electrons. The highest BCUT2D eigenvalue weighted by Crippen LogP contribution is 2.55. The van der Waals surface area contributed by atoms with Crippen molar-refractivity contribution >= 4 is 11.7 Å². The molecule has 1 aromatic carbocycles. The quantitative estimate of drug-likeness (QED) is 0.787. The number of fused-ring (bicyclic) bond motifs is 5. The molecule has 0 N–H and O–H groups in total. The van der Waals surface area contributed by atoms with Crippen LogP contribution in [0.25, 0.3) is 0 Å². The van der Waals surface area contributed by atoms with Gasteiger partial charge in [-0.3, -0.25) is 4.79 Å². The van der Waals surface area contributed by atoms with Crippen LogP contribution >= 0.6 is 0 Å². The summed E-state index contributed by atoms with van der Waals surface area (Å²) < 4.78 is 5.62. The minimum Gasteiger partial charge on any atom is -0.462 e. The molecule has 2 aliphatic carbocycles. The van der Waals surface area contributed by atoms with Gasteiger partial charge >= 0.3 is 5.97 Å². The highest BCUT2D eigenvalue weighted by Gasteiger charge is 2.62. The van der Waals surface area contributed by atoms with E-state index in [2.05, 4.69) is 38.1 Å². The molecule has 4 rings (SSSR count). The molecule has 1 aliphatic heterocycles. The fourth-order valence-electron chi connectivity index (χ4n) is 5.12. The van der Waals surface area contributed by atoms with Crippen molar-refractivity contribution < 1.29 is 14.4 Å². The lowest BCUT2D eigenvalue weighted by molar-refractivity contribution is -0.149. The smallest absolute Gasteiger partial charge is 0.302 e. The molecule has 0 unspecified atom stereocenters. The number of carbonyl (C=O) groups is 1. The Bertz CT molecular complexity index is 686. The normalized spacial score (nSPS) is 34.1. The van der Waals surface area contributed by atoms with Crippen LogP contribution in [0.1, 0.15) is 42.0 Å². The first-order valence-electron chi connectivity index (χ1n) is 8.46. The summed E-state index contributed by atoms with van der Waals surface area (Å²) in [6.07, 6.45) is 2.24. The Kier molecular flexibility index (Phi) is 3.26. The summed E-state index contributed by atoms with van der Waals surface area (Å²) in [4.78, 5) is 17.3. The van der Waals surface area contributed by atoms with Crippen LogP contribution in [-0.2, 0) is 14.4 Å². The third-order valence-corrected chi connectivity index (χ3v) is 5.74. The predicted octanol–water partition coefficient (Wildman–Crippen LogP) is 3.30. The number of carbonyl (C=O) groups excluding carboxylic acids is 1. The van der Waals surface area contributed by atoms with Crippen molar-refractivity contribution in [3.8, 4) is 0 Å². The summed E-state index contributed by atoms with van der Waals surface area (Å²) in [7, 11) is 0. The maximum atomic E-state index is 11.4. The number of esters is 1. The number of benzene rings is 1. The van der Waals surface area contributed by atoms with Gasteiger partial charge in [0.25, 0.3) is 0 Å². The first kappa shape index (κ1) is 14.7. The Hall–Kier alpha value is -1.84. The van der Waals surface area contributed by atoms with Crippen molar-refractivity contribution in [1.82, 2.24) is 0 Å². The molecule has 2 fully saturated rings. The van der Waals surface area contributed by atoms with Crippen molar-refractivity contribution in [3.63, 3.8) is 0 Å². The van der Waals surface area contributed by atoms with E-state index in [0.29, 0.717) is 11.8 Å². The Morgan fingerprint density at radius 3 is 2.48 bits per heavy atom. The first-order valence-corrected chi connectivity index (χ1v) is 8.46. The number of hydrogen-bond acceptors (Lipinski definition) is 4. The van der Waals surface area contributed by atoms with Crippen LogP contribution in [0.2, 0.25) is 0 Å². The molecule has 3 aliphatic rings. The van der Waals surface area contributed by atoms with E-state index in [9.17, 15) is 4.79 Å². The lowest BCUT2D eigenvalue weighted by Crippen LogP contribution is -2.30. The van der Waals surface area contributed by atoms with Crippen molar-refractivity contribution in [1.29, 1.82) is 0 Å². The largest absolute Gasteiger partial charge is 0.462 e. The molecule has 0 amide bonds. The summed E-state index contributed by atoms with van der Waals surface area (Å²) in [6, 6.07) is 4.41. The molecule has 4 nitrogen and oxygen atoms in total. The molecule has 0 spiro atoms. The molecule has 0 saturated heterocycles. The lowest BCUT2D eigenvalue weighted by Gasteiger charge is -2.23. The highest BCUT2D eigenvalue weighted by molar-refractivity contribution is 6.06. The maximum absolute atomic E-state index is 11.4. The zero-order chi connectivity index (χ0) is 16.3. The summed E-state index contributed by atoms with van der Waals surface area (Å²) >= 11 is 0. The number of rotatable bonds is 2. The van der Waals surface area contributed by atoms with E-state index < -0.39 is 0 Å². The predicted molar refractivity (Wildman–Crippen MR) is 87.3 cm³/mol. The van der Waals surface area contributed by atoms with E-state index in [0.717, 1.165) is 18.6 Å². The molecule has 1 aromatic rings. The SMILES string of the molecule is CC(=O)O[C@H]1[C@H]2CC[C@@H]1[C@H]1ON=C(c3c(C)cc(C)cc3C)[C@@H]21. The van der Waals surface area contributed by atoms with E-state index in [1.54, 1.807) is 0 Å². The van der Waals surface area contributed by atoms with Crippen LogP contribution in [0.5, 0.6) is 0 Å². The Morgan fingerprint density at radius 2 is 1.83 bits per heavy atom. The van der Waals surface area contributed by atoms with Gasteiger partial charge in [-0.05, 0) is 44.7 Å². The zero-order valence-electron chi connectivity index (χ0n) is 14.1. The van der Waals surface area contributed by atoms with Gasteiger partial charge in [-0.1, -0.05) is 22.9 Å². The molecule has 1 heterocycles. The second kappa shape index (κ2) is 5.08. The van der Waals surface area contributed by atoms with Gasteiger partial charge in [-0.2, -0.15) is 0 Å². The summed E-state index contributed by atoms with van der Waals surface area (Å²) in [5, 5.41) is 4.47. The van der Waals surface area contributed by atoms with Crippen molar-refractivity contribution in [2.75, 3.05) is 0 Å². The van der Waals surface area contributed by atoms with Crippen LogP contribution in [0.15, 0.2) is 17.3 Å². The molecule has 2 bridgehead atoms. The van der Waals surface area contributed by atoms with E-state index in [1.807, 2.05) is 0 Å². The molecule has 0 aromatic heterocycles. The van der Waals surface area contributed by atoms with E-state index in [-0.39, 0.29) is 24.1 Å². The molecule has 4 heteroatoms. The van der Waals surface area contributed by atoms with Crippen LogP contribution in [0.3, 0.4) is 0 Å². The number of nitrogens with zero attached hydrogens (tertiary/aromatic N) is 1. The van der Waals surface area contributed by atoms with Gasteiger partial charge in [0.2, 0.25) is 0 Å². The topological polar surface area (TPSA) is 47.9 Å². The van der Waals surface area contributed by atoms with Crippen LogP contribution < -0.4 is 0 Å². The number of oxime groups is 1. The van der Waals surface area contributed by atoms with Crippen LogP contribution in [0.4, 0.5) is 0 Å². The fraction of sp³-hybridized carbons (Fsp3) is 0.579. The zero-order valence-corrected chi connectivity index (χ0v) is 14.1. The van der Waals surface area contributed by atoms with Gasteiger partial charge in [-0.25, -0.2) is 0 Å². The van der Waals surface area contributed by atoms with Gasteiger partial charge in [0.05, 0.1) is 11.6 Å². The van der Waals surface area contributed by atoms with Crippen molar-refractivity contribution in [2.24, 2.45) is 22.9 Å². The molecule has 5 atom stereocenters. The molecular formula is C19H23NO3. The van der Waals surface area contributed by atoms with Gasteiger partial charge in [0.15, 0.2) is 0 Å². The van der Waals surface area contributed by atoms with Crippen LogP contribution in [-0.4, -0.2) is 23.9 Å². The average Bonchev–Trinajstić information content (AvgIpc) is 3.09. The van der Waals surface area contributed by atoms with Gasteiger partial charge in [-0.15, -0.1) is 0 Å². The van der Waals surface area contributed by atoms with Crippen molar-refractivity contribution in [2.45, 2.75) is 52.7 Å². The summed E-state index contributed by atoms with van der Waals surface area (Å²) in [6.45, 7) is 7.90. The fourth-order valence-corrected chi connectivity index (χ4v) is 5.12. The third-order valence-electron chi connectivity index (χ3n) is 5.74. The number of hydrogen-bond donors (Lipinski definition) is 0. The second-order valence-corrected chi connectivity index (χ2v) is 7.33. The Labute approximate surface area is 136 Å². The van der Waals surface area contributed by atoms with Gasteiger partial charge in [0, 0.05) is 24.3 Å². The van der Waals surface area contributed by atoms with Gasteiger partial charge in [0.1, 0.15) is 12.2 Å². The molecule has 0 radical (unpaired) electrons. The molecule has 23 heavy (non-hydrogen) atoms. The minimum absolute atomic E-state index is 0.000870. The molecular weight excluding hydrogens is 290 g/mol. The first-order chi connectivity index (χ1) is 11.0. The maximum Gasteiger partial charge on any atom is 0.302 e. The summed E-state index contributed by atoms with van der Waals surface area (Å²) in [5.74, 6) is 0.711. The van der Waals surface area contributed by atoms with E-state index in [4.69, 9.17) is 9.57 Å². The van der Waals surface area contributed by atoms with Crippen LogP contribution in [0, 0.1) is 38.5 Å². The number of aryl methyl sites for hydroxylation is 3. The standard InChI is InChI=1S/C19H23NO3/c1-9-7-10(2)15(11(3)8-9)17-16-13-5-6-14(19(16)23-20-17)18(13)22-12(4)21/h7-8,13-14,16,18-19H,5-6H2,1-4H3/t13-,14-,16+,18-,19+/m0/s1. The van der Waals surface area contributed by atoms with E-state index in [1.165, 1.54) is 29.2 Å². The highest BCUT2D eigenvalue weighted by atomic mass is 16.6. The average molecular weight is 313 g/mol. The minimum atomic E-state index is -0.187. The lowest BCUT2D eigenvalue weighted by atomic mass is 9.79. The van der Waals surface area contributed by atoms with Crippen molar-refractivity contribution in [3.05, 3.63) is 34.4 Å².